The van der Waals surface area contributed by atoms with Crippen molar-refractivity contribution in [2.24, 2.45) is 5.90 Å². The number of nitrogens with one attached hydrogen (secondary N) is 1. The maximum absolute atomic E-state index is 11.6. The van der Waals surface area contributed by atoms with Gasteiger partial charge in [-0.3, -0.25) is 5.43 Å². The molecule has 18 heavy (non-hydrogen) atoms. The molecule has 0 fully saturated rings. The average Bonchev–Trinajstić information content (AvgIpc) is 2.46. The normalized spacial score (nSPS) is 9.61. The van der Waals surface area contributed by atoms with E-state index >= 15 is 0 Å². The third-order valence-electron chi connectivity index (χ3n) is 2.31. The van der Waals surface area contributed by atoms with Crippen molar-refractivity contribution in [1.29, 1.82) is 0 Å². The molecule has 0 aliphatic rings. The predicted molar refractivity (Wildman–Crippen MR) is 69.7 cm³/mol. The predicted octanol–water partition coefficient (Wildman–Crippen LogP) is 2.53. The second kappa shape index (κ2) is 5.70. The Morgan fingerprint density at radius 3 is 2.11 bits per heavy atom. The van der Waals surface area contributed by atoms with Gasteiger partial charge in [-0.25, -0.2) is 4.79 Å². The van der Waals surface area contributed by atoms with E-state index in [9.17, 15) is 4.79 Å². The van der Waals surface area contributed by atoms with Gasteiger partial charge < -0.3 is 4.84 Å². The number of carbonyl (C=O) groups excluding carboxylic acids is 1. The first-order valence-electron chi connectivity index (χ1n) is 5.39. The van der Waals surface area contributed by atoms with Crippen molar-refractivity contribution in [3.8, 4) is 0 Å². The van der Waals surface area contributed by atoms with Crippen LogP contribution in [0.4, 0.5) is 16.2 Å². The van der Waals surface area contributed by atoms with Gasteiger partial charge in [0.15, 0.2) is 0 Å². The highest BCUT2D eigenvalue weighted by Gasteiger charge is 2.16. The van der Waals surface area contributed by atoms with Gasteiger partial charge in [-0.05, 0) is 24.3 Å². The molecule has 5 heteroatoms. The molecule has 0 aromatic heterocycles. The molecule has 3 N–H and O–H groups in total. The zero-order chi connectivity index (χ0) is 12.8. The summed E-state index contributed by atoms with van der Waals surface area (Å²) in [6.07, 6.45) is -0.690. The van der Waals surface area contributed by atoms with Crippen LogP contribution in [0.5, 0.6) is 0 Å². The molecule has 0 atom stereocenters. The van der Waals surface area contributed by atoms with E-state index in [1.807, 2.05) is 48.5 Å². The molecule has 0 bridgehead atoms. The van der Waals surface area contributed by atoms with Crippen LogP contribution in [0.25, 0.3) is 0 Å². The molecule has 0 heterocycles. The smallest absolute Gasteiger partial charge is 0.355 e. The van der Waals surface area contributed by atoms with Crippen LogP contribution in [-0.4, -0.2) is 6.09 Å². The van der Waals surface area contributed by atoms with Crippen LogP contribution in [0.15, 0.2) is 60.7 Å². The van der Waals surface area contributed by atoms with E-state index in [0.29, 0.717) is 5.69 Å². The zero-order valence-electron chi connectivity index (χ0n) is 9.61. The number of nitrogens with two attached hydrogens (primary N) is 1. The van der Waals surface area contributed by atoms with Gasteiger partial charge in [-0.1, -0.05) is 36.4 Å². The van der Waals surface area contributed by atoms with E-state index in [1.54, 1.807) is 12.1 Å². The van der Waals surface area contributed by atoms with Gasteiger partial charge in [0.25, 0.3) is 0 Å². The second-order valence-electron chi connectivity index (χ2n) is 3.53. The summed E-state index contributed by atoms with van der Waals surface area (Å²) in [5, 5.41) is 1.23. The Balaban J connectivity index is 2.24. The third kappa shape index (κ3) is 2.78. The Morgan fingerprint density at radius 2 is 1.56 bits per heavy atom. The van der Waals surface area contributed by atoms with E-state index < -0.39 is 6.09 Å². The maximum atomic E-state index is 11.6. The van der Waals surface area contributed by atoms with Gasteiger partial charge in [0.1, 0.15) is 0 Å². The maximum Gasteiger partial charge on any atom is 0.452 e. The standard InChI is InChI=1S/C13H13N3O2/c14-18-13(17)16(12-9-5-2-6-10-12)15-11-7-3-1-4-8-11/h1-10,15H,14H2. The molecule has 0 saturated heterocycles. The molecule has 92 valence electrons. The minimum absolute atomic E-state index is 0.636. The van der Waals surface area contributed by atoms with E-state index in [-0.39, 0.29) is 0 Å². The van der Waals surface area contributed by atoms with Crippen LogP contribution >= 0.6 is 0 Å². The lowest BCUT2D eigenvalue weighted by Crippen LogP contribution is -2.38. The molecule has 0 aliphatic heterocycles. The minimum Gasteiger partial charge on any atom is -0.355 e. The lowest BCUT2D eigenvalue weighted by atomic mass is 10.3. The molecule has 0 spiro atoms. The quantitative estimate of drug-likeness (QED) is 0.813. The summed E-state index contributed by atoms with van der Waals surface area (Å²) in [5.41, 5.74) is 4.32. The number of anilines is 2. The third-order valence-corrected chi connectivity index (χ3v) is 2.31. The highest BCUT2D eigenvalue weighted by Crippen LogP contribution is 2.16. The highest BCUT2D eigenvalue weighted by molar-refractivity contribution is 5.89. The number of benzene rings is 2. The molecule has 2 aromatic rings. The van der Waals surface area contributed by atoms with E-state index in [0.717, 1.165) is 5.69 Å². The monoisotopic (exact) mass is 243 g/mol. The SMILES string of the molecule is NOC(=O)N(Nc1ccccc1)c1ccccc1. The molecule has 2 rings (SSSR count). The van der Waals surface area contributed by atoms with Crippen molar-refractivity contribution < 1.29 is 9.63 Å². The first kappa shape index (κ1) is 11.9. The molecule has 0 aliphatic carbocycles. The van der Waals surface area contributed by atoms with Gasteiger partial charge in [0, 0.05) is 0 Å². The van der Waals surface area contributed by atoms with Crippen LogP contribution in [0, 0.1) is 0 Å². The van der Waals surface area contributed by atoms with Crippen LogP contribution in [0.1, 0.15) is 0 Å². The molecule has 5 nitrogen and oxygen atoms in total. The Morgan fingerprint density at radius 1 is 1.00 bits per heavy atom. The van der Waals surface area contributed by atoms with Crippen LogP contribution in [-0.2, 0) is 4.84 Å². The number of para-hydroxylation sites is 2. The molecule has 2 aromatic carbocycles. The summed E-state index contributed by atoms with van der Waals surface area (Å²) in [4.78, 5) is 15.9. The summed E-state index contributed by atoms with van der Waals surface area (Å²) in [7, 11) is 0. The fourth-order valence-corrected chi connectivity index (χ4v) is 1.49. The lowest BCUT2D eigenvalue weighted by molar-refractivity contribution is 0.157. The molecule has 1 amide bonds. The van der Waals surface area contributed by atoms with Gasteiger partial charge in [0.2, 0.25) is 0 Å². The molecular weight excluding hydrogens is 230 g/mol. The Bertz CT molecular complexity index is 502. The highest BCUT2D eigenvalue weighted by atomic mass is 16.7. The van der Waals surface area contributed by atoms with Crippen molar-refractivity contribution in [2.75, 3.05) is 10.4 Å². The Labute approximate surface area is 105 Å². The summed E-state index contributed by atoms with van der Waals surface area (Å²) in [6.45, 7) is 0. The minimum atomic E-state index is -0.690. The van der Waals surface area contributed by atoms with Crippen LogP contribution in [0.2, 0.25) is 0 Å². The van der Waals surface area contributed by atoms with Gasteiger partial charge in [-0.2, -0.15) is 10.9 Å². The summed E-state index contributed by atoms with van der Waals surface area (Å²) >= 11 is 0. The number of hydrogen-bond donors (Lipinski definition) is 2. The number of rotatable bonds is 3. The fourth-order valence-electron chi connectivity index (χ4n) is 1.49. The van der Waals surface area contributed by atoms with E-state index in [2.05, 4.69) is 10.3 Å². The molecule has 0 unspecified atom stereocenters. The van der Waals surface area contributed by atoms with Crippen LogP contribution < -0.4 is 16.3 Å². The zero-order valence-corrected chi connectivity index (χ0v) is 9.61. The second-order valence-corrected chi connectivity index (χ2v) is 3.53. The van der Waals surface area contributed by atoms with E-state index in [4.69, 9.17) is 5.90 Å². The number of amides is 1. The average molecular weight is 243 g/mol. The van der Waals surface area contributed by atoms with Gasteiger partial charge in [0.05, 0.1) is 11.4 Å². The summed E-state index contributed by atoms with van der Waals surface area (Å²) in [6, 6.07) is 18.3. The summed E-state index contributed by atoms with van der Waals surface area (Å²) in [5.74, 6) is 4.93. The first-order chi connectivity index (χ1) is 8.81. The van der Waals surface area contributed by atoms with Crippen molar-refractivity contribution in [3.05, 3.63) is 60.7 Å². The first-order valence-corrected chi connectivity index (χ1v) is 5.39. The number of hydrogen-bond acceptors (Lipinski definition) is 4. The lowest BCUT2D eigenvalue weighted by Gasteiger charge is -2.22. The summed E-state index contributed by atoms with van der Waals surface area (Å²) < 4.78 is 0. The Kier molecular flexibility index (Phi) is 3.78. The number of nitrogens with zero attached hydrogens (tertiary/aromatic N) is 1. The molecule has 0 saturated carbocycles. The van der Waals surface area contributed by atoms with E-state index in [1.165, 1.54) is 5.01 Å². The van der Waals surface area contributed by atoms with Gasteiger partial charge >= 0.3 is 6.09 Å². The molecular formula is C13H13N3O2. The van der Waals surface area contributed by atoms with Crippen LogP contribution in [0.3, 0.4) is 0 Å². The Hall–Kier alpha value is -2.53. The van der Waals surface area contributed by atoms with Gasteiger partial charge in [-0.15, -0.1) is 0 Å². The fraction of sp³-hybridized carbons (Fsp3) is 0. The topological polar surface area (TPSA) is 67.6 Å². The van der Waals surface area contributed by atoms with Crippen molar-refractivity contribution >= 4 is 17.5 Å². The molecule has 0 radical (unpaired) electrons. The van der Waals surface area contributed by atoms with Crippen molar-refractivity contribution in [2.45, 2.75) is 0 Å². The number of carbonyl (C=O) groups is 1. The number of hydrazine groups is 1. The van der Waals surface area contributed by atoms with Crippen molar-refractivity contribution in [3.63, 3.8) is 0 Å². The van der Waals surface area contributed by atoms with Crippen molar-refractivity contribution in [1.82, 2.24) is 0 Å². The largest absolute Gasteiger partial charge is 0.452 e.